The SMILES string of the molecule is COCCOCCOCc1c(CN)sc2cccc(F)c12. The monoisotopic (exact) mass is 313 g/mol. The van der Waals surface area contributed by atoms with E-state index in [1.54, 1.807) is 13.2 Å². The topological polar surface area (TPSA) is 53.7 Å². The smallest absolute Gasteiger partial charge is 0.132 e. The first kappa shape index (κ1) is 16.3. The summed E-state index contributed by atoms with van der Waals surface area (Å²) in [5.41, 5.74) is 6.60. The Labute approximate surface area is 127 Å². The van der Waals surface area contributed by atoms with E-state index < -0.39 is 0 Å². The van der Waals surface area contributed by atoms with Gasteiger partial charge in [0.15, 0.2) is 0 Å². The average molecular weight is 313 g/mol. The fourth-order valence-electron chi connectivity index (χ4n) is 2.07. The molecule has 0 aliphatic rings. The summed E-state index contributed by atoms with van der Waals surface area (Å²) in [5, 5.41) is 0.628. The van der Waals surface area contributed by atoms with Crippen molar-refractivity contribution in [1.82, 2.24) is 0 Å². The fraction of sp³-hybridized carbons (Fsp3) is 0.467. The molecule has 2 rings (SSSR count). The van der Waals surface area contributed by atoms with Gasteiger partial charge in [0.1, 0.15) is 5.82 Å². The largest absolute Gasteiger partial charge is 0.382 e. The van der Waals surface area contributed by atoms with Gasteiger partial charge in [-0.05, 0) is 12.1 Å². The molecule has 0 aliphatic carbocycles. The lowest BCUT2D eigenvalue weighted by Crippen LogP contribution is -2.09. The fourth-order valence-corrected chi connectivity index (χ4v) is 3.17. The predicted molar refractivity (Wildman–Crippen MR) is 82.0 cm³/mol. The van der Waals surface area contributed by atoms with Crippen molar-refractivity contribution in [3.8, 4) is 0 Å². The van der Waals surface area contributed by atoms with Crippen LogP contribution in [0.25, 0.3) is 10.1 Å². The summed E-state index contributed by atoms with van der Waals surface area (Å²) in [6.07, 6.45) is 0. The number of hydrogen-bond acceptors (Lipinski definition) is 5. The van der Waals surface area contributed by atoms with Gasteiger partial charge in [-0.2, -0.15) is 0 Å². The summed E-state index contributed by atoms with van der Waals surface area (Å²) in [4.78, 5) is 0.968. The first-order valence-corrected chi connectivity index (χ1v) is 7.62. The van der Waals surface area contributed by atoms with Crippen LogP contribution in [0.3, 0.4) is 0 Å². The Kier molecular flexibility index (Phi) is 6.53. The minimum absolute atomic E-state index is 0.224. The highest BCUT2D eigenvalue weighted by molar-refractivity contribution is 7.19. The number of methoxy groups -OCH3 is 1. The van der Waals surface area contributed by atoms with Gasteiger partial charge in [0.05, 0.1) is 33.0 Å². The third kappa shape index (κ3) is 4.21. The van der Waals surface area contributed by atoms with E-state index in [9.17, 15) is 4.39 Å². The quantitative estimate of drug-likeness (QED) is 0.723. The molecule has 2 N–H and O–H groups in total. The van der Waals surface area contributed by atoms with Gasteiger partial charge in [-0.3, -0.25) is 0 Å². The first-order valence-electron chi connectivity index (χ1n) is 6.81. The van der Waals surface area contributed by atoms with Crippen molar-refractivity contribution in [2.24, 2.45) is 5.73 Å². The number of halogens is 1. The van der Waals surface area contributed by atoms with Gasteiger partial charge in [0.2, 0.25) is 0 Å². The minimum Gasteiger partial charge on any atom is -0.382 e. The molecule has 0 aliphatic heterocycles. The van der Waals surface area contributed by atoms with E-state index in [4.69, 9.17) is 19.9 Å². The van der Waals surface area contributed by atoms with Crippen LogP contribution in [-0.2, 0) is 27.4 Å². The van der Waals surface area contributed by atoms with Crippen LogP contribution in [0.1, 0.15) is 10.4 Å². The Morgan fingerprint density at radius 2 is 1.90 bits per heavy atom. The van der Waals surface area contributed by atoms with Crippen molar-refractivity contribution in [2.45, 2.75) is 13.2 Å². The van der Waals surface area contributed by atoms with Gasteiger partial charge in [-0.15, -0.1) is 11.3 Å². The maximum absolute atomic E-state index is 14.0. The van der Waals surface area contributed by atoms with Crippen LogP contribution in [-0.4, -0.2) is 33.5 Å². The van der Waals surface area contributed by atoms with Crippen LogP contribution >= 0.6 is 11.3 Å². The zero-order chi connectivity index (χ0) is 15.1. The zero-order valence-electron chi connectivity index (χ0n) is 12.1. The normalized spacial score (nSPS) is 11.4. The van der Waals surface area contributed by atoms with E-state index >= 15 is 0 Å². The van der Waals surface area contributed by atoms with Crippen LogP contribution in [0.2, 0.25) is 0 Å². The predicted octanol–water partition coefficient (Wildman–Crippen LogP) is 2.68. The van der Waals surface area contributed by atoms with Crippen molar-refractivity contribution in [1.29, 1.82) is 0 Å². The summed E-state index contributed by atoms with van der Waals surface area (Å²) in [5.74, 6) is -0.224. The maximum atomic E-state index is 14.0. The van der Waals surface area contributed by atoms with E-state index in [-0.39, 0.29) is 5.82 Å². The van der Waals surface area contributed by atoms with Crippen LogP contribution in [0, 0.1) is 5.82 Å². The molecule has 21 heavy (non-hydrogen) atoms. The summed E-state index contributed by atoms with van der Waals surface area (Å²) in [7, 11) is 1.63. The van der Waals surface area contributed by atoms with Gasteiger partial charge in [-0.1, -0.05) is 6.07 Å². The van der Waals surface area contributed by atoms with Crippen LogP contribution in [0.4, 0.5) is 4.39 Å². The molecule has 0 radical (unpaired) electrons. The average Bonchev–Trinajstić information content (AvgIpc) is 2.85. The van der Waals surface area contributed by atoms with Crippen molar-refractivity contribution < 1.29 is 18.6 Å². The molecule has 1 aromatic heterocycles. The number of rotatable bonds is 9. The second-order valence-corrected chi connectivity index (χ2v) is 5.62. The van der Waals surface area contributed by atoms with Crippen molar-refractivity contribution >= 4 is 21.4 Å². The van der Waals surface area contributed by atoms with E-state index in [1.807, 2.05) is 6.07 Å². The van der Waals surface area contributed by atoms with Crippen LogP contribution in [0.15, 0.2) is 18.2 Å². The molecule has 0 atom stereocenters. The summed E-state index contributed by atoms with van der Waals surface area (Å²) >= 11 is 1.52. The molecule has 1 aromatic carbocycles. The number of fused-ring (bicyclic) bond motifs is 1. The molecule has 0 amide bonds. The lowest BCUT2D eigenvalue weighted by atomic mass is 10.1. The highest BCUT2D eigenvalue weighted by Crippen LogP contribution is 2.33. The number of nitrogens with two attached hydrogens (primary N) is 1. The molecular weight excluding hydrogens is 293 g/mol. The lowest BCUT2D eigenvalue weighted by Gasteiger charge is -2.07. The van der Waals surface area contributed by atoms with E-state index in [1.165, 1.54) is 17.4 Å². The Morgan fingerprint density at radius 1 is 1.14 bits per heavy atom. The summed E-state index contributed by atoms with van der Waals surface area (Å²) < 4.78 is 30.7. The van der Waals surface area contributed by atoms with Gasteiger partial charge in [0, 0.05) is 34.2 Å². The molecule has 0 saturated carbocycles. The molecule has 6 heteroatoms. The van der Waals surface area contributed by atoms with Crippen LogP contribution < -0.4 is 5.73 Å². The Balaban J connectivity index is 1.94. The molecule has 0 unspecified atom stereocenters. The van der Waals surface area contributed by atoms with Gasteiger partial charge < -0.3 is 19.9 Å². The molecule has 116 valence electrons. The highest BCUT2D eigenvalue weighted by atomic mass is 32.1. The second kappa shape index (κ2) is 8.41. The molecular formula is C15H20FNO3S. The van der Waals surface area contributed by atoms with E-state index in [0.717, 1.165) is 15.1 Å². The molecule has 2 aromatic rings. The van der Waals surface area contributed by atoms with Crippen molar-refractivity contribution in [2.75, 3.05) is 33.5 Å². The molecule has 1 heterocycles. The molecule has 4 nitrogen and oxygen atoms in total. The number of ether oxygens (including phenoxy) is 3. The van der Waals surface area contributed by atoms with Crippen molar-refractivity contribution in [3.63, 3.8) is 0 Å². The number of hydrogen-bond donors (Lipinski definition) is 1. The minimum atomic E-state index is -0.224. The Hall–Kier alpha value is -1.05. The molecule has 0 bridgehead atoms. The third-order valence-corrected chi connectivity index (χ3v) is 4.30. The zero-order valence-corrected chi connectivity index (χ0v) is 12.9. The van der Waals surface area contributed by atoms with Gasteiger partial charge >= 0.3 is 0 Å². The summed E-state index contributed by atoms with van der Waals surface area (Å²) in [6.45, 7) is 2.80. The van der Waals surface area contributed by atoms with Crippen molar-refractivity contribution in [3.05, 3.63) is 34.5 Å². The highest BCUT2D eigenvalue weighted by Gasteiger charge is 2.14. The molecule has 0 fully saturated rings. The standard InChI is InChI=1S/C15H20FNO3S/c1-18-5-6-19-7-8-20-10-11-14(9-17)21-13-4-2-3-12(16)15(11)13/h2-4H,5-10,17H2,1H3. The van der Waals surface area contributed by atoms with Gasteiger partial charge in [-0.25, -0.2) is 4.39 Å². The maximum Gasteiger partial charge on any atom is 0.132 e. The lowest BCUT2D eigenvalue weighted by molar-refractivity contribution is 0.0201. The number of thiophene rings is 1. The third-order valence-electron chi connectivity index (χ3n) is 3.08. The Morgan fingerprint density at radius 3 is 2.67 bits per heavy atom. The number of benzene rings is 1. The van der Waals surface area contributed by atoms with E-state index in [0.29, 0.717) is 45.0 Å². The van der Waals surface area contributed by atoms with E-state index in [2.05, 4.69) is 0 Å². The second-order valence-electron chi connectivity index (χ2n) is 4.48. The summed E-state index contributed by atoms with van der Waals surface area (Å²) in [6, 6.07) is 5.08. The van der Waals surface area contributed by atoms with Crippen LogP contribution in [0.5, 0.6) is 0 Å². The molecule has 0 saturated heterocycles. The van der Waals surface area contributed by atoms with Gasteiger partial charge in [0.25, 0.3) is 0 Å². The molecule has 0 spiro atoms. The Bertz CT molecular complexity index is 573. The first-order chi connectivity index (χ1) is 10.3.